The van der Waals surface area contributed by atoms with E-state index >= 15 is 0 Å². The van der Waals surface area contributed by atoms with E-state index in [1.165, 1.54) is 16.7 Å². The number of nitrogens with zero attached hydrogens (tertiary/aromatic N) is 3. The average Bonchev–Trinajstić information content (AvgIpc) is 3.32. The largest absolute Gasteiger partial charge is 0.316 e. The van der Waals surface area contributed by atoms with Crippen LogP contribution in [0.25, 0.3) is 11.0 Å². The van der Waals surface area contributed by atoms with Crippen LogP contribution in [0.15, 0.2) is 64.0 Å². The van der Waals surface area contributed by atoms with Crippen molar-refractivity contribution in [3.8, 4) is 0 Å². The molecule has 1 aliphatic rings. The molecule has 152 valence electrons. The standard InChI is InChI=1S/C25H24BrN3O/c1-3-23-27-21-12-13-28(15-18-7-5-4-6-16(18)2)25(30)24(21)29(23)22-11-8-17-14-19(26)9-10-20(17)22/h4-7,9-10,12-14,22H,3,8,11,15H2,1-2H3/t22-/m0/s1. The minimum absolute atomic E-state index is 0.0357. The number of aromatic nitrogens is 3. The van der Waals surface area contributed by atoms with Crippen LogP contribution in [0.4, 0.5) is 0 Å². The lowest BCUT2D eigenvalue weighted by atomic mass is 10.1. The quantitative estimate of drug-likeness (QED) is 0.407. The van der Waals surface area contributed by atoms with Gasteiger partial charge in [-0.2, -0.15) is 0 Å². The summed E-state index contributed by atoms with van der Waals surface area (Å²) in [5, 5.41) is 0. The summed E-state index contributed by atoms with van der Waals surface area (Å²) < 4.78 is 5.14. The lowest BCUT2D eigenvalue weighted by Gasteiger charge is -2.18. The van der Waals surface area contributed by atoms with Crippen LogP contribution in [0, 0.1) is 6.92 Å². The molecule has 2 heterocycles. The van der Waals surface area contributed by atoms with Gasteiger partial charge in [-0.3, -0.25) is 4.79 Å². The molecule has 0 saturated carbocycles. The molecule has 1 atom stereocenters. The smallest absolute Gasteiger partial charge is 0.277 e. The summed E-state index contributed by atoms with van der Waals surface area (Å²) in [6.07, 6.45) is 4.70. The average molecular weight is 462 g/mol. The molecular weight excluding hydrogens is 438 g/mol. The molecule has 4 nitrogen and oxygen atoms in total. The van der Waals surface area contributed by atoms with Crippen molar-refractivity contribution in [2.75, 3.05) is 0 Å². The molecule has 5 rings (SSSR count). The van der Waals surface area contributed by atoms with Gasteiger partial charge in [0, 0.05) is 17.1 Å². The normalized spacial score (nSPS) is 15.6. The van der Waals surface area contributed by atoms with E-state index in [-0.39, 0.29) is 11.6 Å². The fraction of sp³-hybridized carbons (Fsp3) is 0.280. The number of pyridine rings is 1. The number of imidazole rings is 1. The summed E-state index contributed by atoms with van der Waals surface area (Å²) in [6, 6.07) is 16.9. The molecule has 0 spiro atoms. The highest BCUT2D eigenvalue weighted by atomic mass is 79.9. The summed E-state index contributed by atoms with van der Waals surface area (Å²) in [5.74, 6) is 0.983. The molecular formula is C25H24BrN3O. The van der Waals surface area contributed by atoms with E-state index in [0.29, 0.717) is 6.54 Å². The first-order valence-corrected chi connectivity index (χ1v) is 11.3. The van der Waals surface area contributed by atoms with Crippen LogP contribution in [-0.2, 0) is 19.4 Å². The molecule has 5 heteroatoms. The number of benzene rings is 2. The van der Waals surface area contributed by atoms with E-state index in [1.54, 1.807) is 0 Å². The molecule has 30 heavy (non-hydrogen) atoms. The van der Waals surface area contributed by atoms with Crippen molar-refractivity contribution in [3.63, 3.8) is 0 Å². The summed E-state index contributed by atoms with van der Waals surface area (Å²) >= 11 is 3.59. The van der Waals surface area contributed by atoms with Gasteiger partial charge < -0.3 is 9.13 Å². The van der Waals surface area contributed by atoms with Gasteiger partial charge >= 0.3 is 0 Å². The summed E-state index contributed by atoms with van der Waals surface area (Å²) in [4.78, 5) is 18.4. The molecule has 2 aromatic heterocycles. The maximum absolute atomic E-state index is 13.6. The fourth-order valence-electron chi connectivity index (χ4n) is 4.70. The number of hydrogen-bond acceptors (Lipinski definition) is 2. The summed E-state index contributed by atoms with van der Waals surface area (Å²) in [7, 11) is 0. The van der Waals surface area contributed by atoms with E-state index in [9.17, 15) is 4.79 Å². The third kappa shape index (κ3) is 3.12. The van der Waals surface area contributed by atoms with Crippen molar-refractivity contribution in [3.05, 3.63) is 97.6 Å². The van der Waals surface area contributed by atoms with Crippen LogP contribution in [-0.4, -0.2) is 14.1 Å². The topological polar surface area (TPSA) is 39.8 Å². The van der Waals surface area contributed by atoms with Crippen LogP contribution in [0.2, 0.25) is 0 Å². The molecule has 0 saturated heterocycles. The third-order valence-electron chi connectivity index (χ3n) is 6.27. The molecule has 4 aromatic rings. The van der Waals surface area contributed by atoms with Crippen molar-refractivity contribution in [2.45, 2.75) is 45.7 Å². The van der Waals surface area contributed by atoms with Gasteiger partial charge in [0.1, 0.15) is 11.3 Å². The summed E-state index contributed by atoms with van der Waals surface area (Å²) in [5.41, 5.74) is 6.58. The fourth-order valence-corrected chi connectivity index (χ4v) is 5.11. The van der Waals surface area contributed by atoms with Gasteiger partial charge in [0.15, 0.2) is 0 Å². The minimum Gasteiger partial charge on any atom is -0.316 e. The van der Waals surface area contributed by atoms with E-state index in [0.717, 1.165) is 46.2 Å². The third-order valence-corrected chi connectivity index (χ3v) is 6.76. The predicted octanol–water partition coefficient (Wildman–Crippen LogP) is 5.42. The minimum atomic E-state index is 0.0357. The van der Waals surface area contributed by atoms with Gasteiger partial charge in [-0.15, -0.1) is 0 Å². The predicted molar refractivity (Wildman–Crippen MR) is 124 cm³/mol. The maximum Gasteiger partial charge on any atom is 0.277 e. The number of rotatable bonds is 4. The van der Waals surface area contributed by atoms with E-state index in [4.69, 9.17) is 4.98 Å². The Labute approximate surface area is 184 Å². The first-order chi connectivity index (χ1) is 14.6. The monoisotopic (exact) mass is 461 g/mol. The van der Waals surface area contributed by atoms with Crippen molar-refractivity contribution in [1.82, 2.24) is 14.1 Å². The molecule has 0 radical (unpaired) electrons. The molecule has 0 bridgehead atoms. The Morgan fingerprint density at radius 3 is 2.80 bits per heavy atom. The Kier molecular flexibility index (Phi) is 4.86. The van der Waals surface area contributed by atoms with Crippen molar-refractivity contribution < 1.29 is 0 Å². The highest BCUT2D eigenvalue weighted by Crippen LogP contribution is 2.38. The molecule has 0 unspecified atom stereocenters. The maximum atomic E-state index is 13.6. The second kappa shape index (κ2) is 7.55. The molecule has 0 amide bonds. The highest BCUT2D eigenvalue weighted by Gasteiger charge is 2.28. The molecule has 0 N–H and O–H groups in total. The van der Waals surface area contributed by atoms with Gasteiger partial charge in [-0.05, 0) is 60.2 Å². The molecule has 2 aromatic carbocycles. The van der Waals surface area contributed by atoms with E-state index < -0.39 is 0 Å². The lowest BCUT2D eigenvalue weighted by molar-refractivity contribution is 0.567. The highest BCUT2D eigenvalue weighted by molar-refractivity contribution is 9.10. The van der Waals surface area contributed by atoms with Gasteiger partial charge in [-0.25, -0.2) is 4.98 Å². The van der Waals surface area contributed by atoms with Crippen LogP contribution in [0.5, 0.6) is 0 Å². The number of hydrogen-bond donors (Lipinski definition) is 0. The molecule has 0 aliphatic heterocycles. The van der Waals surface area contributed by atoms with Crippen LogP contribution in [0.1, 0.15) is 47.5 Å². The van der Waals surface area contributed by atoms with Gasteiger partial charge in [0.05, 0.1) is 18.1 Å². The zero-order valence-electron chi connectivity index (χ0n) is 17.2. The first-order valence-electron chi connectivity index (χ1n) is 10.5. The zero-order valence-corrected chi connectivity index (χ0v) is 18.8. The van der Waals surface area contributed by atoms with Crippen molar-refractivity contribution in [1.29, 1.82) is 0 Å². The number of fused-ring (bicyclic) bond motifs is 2. The lowest BCUT2D eigenvalue weighted by Crippen LogP contribution is -2.24. The second-order valence-electron chi connectivity index (χ2n) is 8.06. The Balaban J connectivity index is 1.67. The van der Waals surface area contributed by atoms with Crippen LogP contribution >= 0.6 is 15.9 Å². The van der Waals surface area contributed by atoms with Gasteiger partial charge in [-0.1, -0.05) is 53.2 Å². The Morgan fingerprint density at radius 1 is 1.17 bits per heavy atom. The van der Waals surface area contributed by atoms with Crippen molar-refractivity contribution in [2.24, 2.45) is 0 Å². The number of aryl methyl sites for hydroxylation is 3. The van der Waals surface area contributed by atoms with Crippen LogP contribution in [0.3, 0.4) is 0 Å². The van der Waals surface area contributed by atoms with Crippen molar-refractivity contribution >= 4 is 27.0 Å². The van der Waals surface area contributed by atoms with E-state index in [2.05, 4.69) is 64.7 Å². The Morgan fingerprint density at radius 2 is 2.00 bits per heavy atom. The molecule has 0 fully saturated rings. The Bertz CT molecular complexity index is 1320. The SMILES string of the molecule is CCc1nc2ccn(Cc3ccccc3C)c(=O)c2n1[C@H]1CCc2cc(Br)ccc21. The van der Waals surface area contributed by atoms with Gasteiger partial charge in [0.2, 0.25) is 0 Å². The van der Waals surface area contributed by atoms with Crippen LogP contribution < -0.4 is 5.56 Å². The zero-order chi connectivity index (χ0) is 20.8. The first kappa shape index (κ1) is 19.3. The number of halogens is 1. The second-order valence-corrected chi connectivity index (χ2v) is 8.97. The van der Waals surface area contributed by atoms with E-state index in [1.807, 2.05) is 29.0 Å². The molecule has 1 aliphatic carbocycles. The Hall–Kier alpha value is -2.66. The summed E-state index contributed by atoms with van der Waals surface area (Å²) in [6.45, 7) is 4.77. The van der Waals surface area contributed by atoms with Gasteiger partial charge in [0.25, 0.3) is 5.56 Å².